The molecule has 0 saturated heterocycles. The predicted molar refractivity (Wildman–Crippen MR) is 61.7 cm³/mol. The van der Waals surface area contributed by atoms with E-state index in [2.05, 4.69) is 36.9 Å². The molecule has 74 valence electrons. The summed E-state index contributed by atoms with van der Waals surface area (Å²) in [4.78, 5) is 0. The molecule has 0 aliphatic heterocycles. The summed E-state index contributed by atoms with van der Waals surface area (Å²) < 4.78 is 5.36. The summed E-state index contributed by atoms with van der Waals surface area (Å²) in [6.45, 7) is 2.96. The highest BCUT2D eigenvalue weighted by Gasteiger charge is 1.89. The van der Waals surface area contributed by atoms with Crippen molar-refractivity contribution in [1.82, 2.24) is 0 Å². The van der Waals surface area contributed by atoms with Crippen LogP contribution >= 0.6 is 0 Å². The van der Waals surface area contributed by atoms with Gasteiger partial charge in [-0.1, -0.05) is 43.0 Å². The number of allylic oxidation sites excluding steroid dienone is 1. The smallest absolute Gasteiger partial charge is 0.0913 e. The first-order chi connectivity index (χ1) is 6.93. The fraction of sp³-hybridized carbons (Fsp3) is 0.333. The Morgan fingerprint density at radius 1 is 1.29 bits per heavy atom. The van der Waals surface area contributed by atoms with Gasteiger partial charge in [0.15, 0.2) is 0 Å². The lowest BCUT2D eigenvalue weighted by atomic mass is 10.2. The van der Waals surface area contributed by atoms with Gasteiger partial charge >= 0.3 is 0 Å². The molecule has 0 N–H and O–H groups in total. The maximum Gasteiger partial charge on any atom is 0.0913 e. The molecule has 1 aromatic carbocycles. The minimum Gasteiger partial charge on any atom is -0.501 e. The van der Waals surface area contributed by atoms with Gasteiger partial charge in [0.2, 0.25) is 0 Å². The van der Waals surface area contributed by atoms with Crippen molar-refractivity contribution in [2.24, 2.45) is 0 Å². The molecule has 14 heavy (non-hydrogen) atoms. The molecule has 0 aliphatic rings. The fourth-order valence-corrected chi connectivity index (χ4v) is 1.46. The van der Waals surface area contributed by atoms with Crippen LogP contribution in [0.1, 0.15) is 5.56 Å². The van der Waals surface area contributed by atoms with Gasteiger partial charge < -0.3 is 4.74 Å². The van der Waals surface area contributed by atoms with Gasteiger partial charge in [-0.25, -0.2) is 0 Å². The van der Waals surface area contributed by atoms with Crippen LogP contribution in [-0.2, 0) is 11.2 Å². The molecule has 0 spiro atoms. The van der Waals surface area contributed by atoms with Gasteiger partial charge in [-0.05, 0) is 11.6 Å². The monoisotopic (exact) mass is 204 g/mol. The van der Waals surface area contributed by atoms with Crippen LogP contribution in [0.5, 0.6) is 0 Å². The SMILES string of the molecule is C[Si]CC=COCCc1ccccc1. The Balaban J connectivity index is 2.10. The van der Waals surface area contributed by atoms with Gasteiger partial charge in [-0.3, -0.25) is 0 Å². The standard InChI is InChI=1S/C12H16OSi/c1-14-11-5-9-13-10-8-12-6-3-2-4-7-12/h2-7,9H,8,10-11H2,1H3. The van der Waals surface area contributed by atoms with Crippen LogP contribution in [0.25, 0.3) is 0 Å². The molecule has 0 atom stereocenters. The molecule has 1 aromatic rings. The average Bonchev–Trinajstić information content (AvgIpc) is 2.25. The molecule has 2 heteroatoms. The Kier molecular flexibility index (Phi) is 5.83. The van der Waals surface area contributed by atoms with Gasteiger partial charge in [0.25, 0.3) is 0 Å². The van der Waals surface area contributed by atoms with E-state index < -0.39 is 0 Å². The highest BCUT2D eigenvalue weighted by molar-refractivity contribution is 6.34. The summed E-state index contributed by atoms with van der Waals surface area (Å²) in [6, 6.07) is 11.5. The van der Waals surface area contributed by atoms with Crippen molar-refractivity contribution in [1.29, 1.82) is 0 Å². The second-order valence-electron chi connectivity index (χ2n) is 3.04. The van der Waals surface area contributed by atoms with E-state index in [-0.39, 0.29) is 0 Å². The van der Waals surface area contributed by atoms with Crippen LogP contribution < -0.4 is 0 Å². The fourth-order valence-electron chi connectivity index (χ4n) is 1.12. The van der Waals surface area contributed by atoms with Crippen molar-refractivity contribution >= 4 is 9.52 Å². The van der Waals surface area contributed by atoms with Crippen LogP contribution in [0.3, 0.4) is 0 Å². The zero-order valence-corrected chi connectivity index (χ0v) is 9.57. The maximum atomic E-state index is 5.36. The number of ether oxygens (including phenoxy) is 1. The van der Waals surface area contributed by atoms with Gasteiger partial charge in [-0.2, -0.15) is 0 Å². The number of hydrogen-bond acceptors (Lipinski definition) is 1. The van der Waals surface area contributed by atoms with E-state index in [9.17, 15) is 0 Å². The topological polar surface area (TPSA) is 9.23 Å². The van der Waals surface area contributed by atoms with E-state index >= 15 is 0 Å². The second kappa shape index (κ2) is 7.39. The minimum absolute atomic E-state index is 0.771. The summed E-state index contributed by atoms with van der Waals surface area (Å²) in [5.41, 5.74) is 1.33. The lowest BCUT2D eigenvalue weighted by molar-refractivity contribution is 0.253. The highest BCUT2D eigenvalue weighted by atomic mass is 28.2. The summed E-state index contributed by atoms with van der Waals surface area (Å²) in [6.07, 6.45) is 4.89. The Hall–Kier alpha value is -1.02. The van der Waals surface area contributed by atoms with Gasteiger partial charge in [0, 0.05) is 15.9 Å². The highest BCUT2D eigenvalue weighted by Crippen LogP contribution is 1.99. The summed E-state index contributed by atoms with van der Waals surface area (Å²) in [5, 5.41) is 0. The van der Waals surface area contributed by atoms with Crippen LogP contribution in [0, 0.1) is 0 Å². The Bertz CT molecular complexity index is 256. The van der Waals surface area contributed by atoms with Crippen molar-refractivity contribution in [3.8, 4) is 0 Å². The predicted octanol–water partition coefficient (Wildman–Crippen LogP) is 2.93. The number of hydrogen-bond donors (Lipinski definition) is 0. The molecule has 0 amide bonds. The van der Waals surface area contributed by atoms with E-state index in [0.717, 1.165) is 28.6 Å². The summed E-state index contributed by atoms with van der Waals surface area (Å²) in [5.74, 6) is 0. The molecule has 0 aliphatic carbocycles. The number of rotatable bonds is 6. The van der Waals surface area contributed by atoms with Crippen LogP contribution in [0.15, 0.2) is 42.7 Å². The van der Waals surface area contributed by atoms with Gasteiger partial charge in [0.05, 0.1) is 12.9 Å². The normalized spacial score (nSPS) is 10.6. The summed E-state index contributed by atoms with van der Waals surface area (Å²) >= 11 is 0. The van der Waals surface area contributed by atoms with E-state index in [0.29, 0.717) is 0 Å². The molecular formula is C12H16OSi. The van der Waals surface area contributed by atoms with Crippen molar-refractivity contribution in [3.05, 3.63) is 48.2 Å². The molecule has 0 unspecified atom stereocenters. The van der Waals surface area contributed by atoms with E-state index in [1.807, 2.05) is 12.3 Å². The van der Waals surface area contributed by atoms with Crippen LogP contribution in [0.4, 0.5) is 0 Å². The molecular weight excluding hydrogens is 188 g/mol. The average molecular weight is 204 g/mol. The van der Waals surface area contributed by atoms with E-state index in [1.54, 1.807) is 0 Å². The largest absolute Gasteiger partial charge is 0.501 e. The third-order valence-corrected chi connectivity index (χ3v) is 2.51. The molecule has 1 nitrogen and oxygen atoms in total. The van der Waals surface area contributed by atoms with Crippen molar-refractivity contribution < 1.29 is 4.74 Å². The lowest BCUT2D eigenvalue weighted by Gasteiger charge is -2.00. The molecule has 0 heterocycles. The van der Waals surface area contributed by atoms with Crippen molar-refractivity contribution in [2.45, 2.75) is 19.0 Å². The van der Waals surface area contributed by atoms with Crippen molar-refractivity contribution in [3.63, 3.8) is 0 Å². The first kappa shape index (κ1) is 11.1. The van der Waals surface area contributed by atoms with E-state index in [1.165, 1.54) is 5.56 Å². The van der Waals surface area contributed by atoms with Gasteiger partial charge in [-0.15, -0.1) is 0 Å². The Morgan fingerprint density at radius 3 is 2.79 bits per heavy atom. The Labute approximate surface area is 88.6 Å². The first-order valence-electron chi connectivity index (χ1n) is 4.88. The first-order valence-corrected chi connectivity index (χ1v) is 6.59. The zero-order chi connectivity index (χ0) is 10.1. The minimum atomic E-state index is 0.771. The third-order valence-electron chi connectivity index (χ3n) is 1.87. The number of benzene rings is 1. The molecule has 0 bridgehead atoms. The third kappa shape index (κ3) is 4.87. The zero-order valence-electron chi connectivity index (χ0n) is 8.57. The second-order valence-corrected chi connectivity index (χ2v) is 4.15. The lowest BCUT2D eigenvalue weighted by Crippen LogP contribution is -1.93. The molecule has 0 fully saturated rings. The summed E-state index contributed by atoms with van der Waals surface area (Å²) in [7, 11) is 0.976. The quantitative estimate of drug-likeness (QED) is 0.393. The van der Waals surface area contributed by atoms with Crippen LogP contribution in [-0.4, -0.2) is 16.1 Å². The maximum absolute atomic E-state index is 5.36. The van der Waals surface area contributed by atoms with Crippen LogP contribution in [0.2, 0.25) is 12.6 Å². The molecule has 0 aromatic heterocycles. The molecule has 2 radical (unpaired) electrons. The molecule has 1 rings (SSSR count). The van der Waals surface area contributed by atoms with E-state index in [4.69, 9.17) is 4.74 Å². The van der Waals surface area contributed by atoms with Gasteiger partial charge in [0.1, 0.15) is 0 Å². The molecule has 0 saturated carbocycles. The Morgan fingerprint density at radius 2 is 2.07 bits per heavy atom. The van der Waals surface area contributed by atoms with Crippen molar-refractivity contribution in [2.75, 3.05) is 6.61 Å².